The van der Waals surface area contributed by atoms with Gasteiger partial charge in [0.25, 0.3) is 0 Å². The van der Waals surface area contributed by atoms with E-state index >= 15 is 0 Å². The Balaban J connectivity index is 1.57. The summed E-state index contributed by atoms with van der Waals surface area (Å²) in [6.45, 7) is 4.41. The van der Waals surface area contributed by atoms with Gasteiger partial charge < -0.3 is 10.1 Å². The van der Waals surface area contributed by atoms with Crippen LogP contribution in [-0.2, 0) is 4.74 Å². The Morgan fingerprint density at radius 1 is 1.00 bits per heavy atom. The van der Waals surface area contributed by atoms with Gasteiger partial charge in [-0.1, -0.05) is 45.4 Å². The lowest BCUT2D eigenvalue weighted by atomic mass is 9.57. The molecule has 3 rings (SSSR count). The normalized spacial score (nSPS) is 34.0. The fourth-order valence-electron chi connectivity index (χ4n) is 5.00. The summed E-state index contributed by atoms with van der Waals surface area (Å²) in [5, 5.41) is 3.75. The minimum Gasteiger partial charge on any atom is -0.377 e. The molecule has 2 heteroatoms. The number of hydrogen-bond donors (Lipinski definition) is 1. The Morgan fingerprint density at radius 3 is 2.35 bits per heavy atom. The molecule has 0 aliphatic heterocycles. The quantitative estimate of drug-likeness (QED) is 0.811. The van der Waals surface area contributed by atoms with Crippen molar-refractivity contribution in [3.8, 4) is 0 Å². The Morgan fingerprint density at radius 2 is 1.70 bits per heavy atom. The van der Waals surface area contributed by atoms with Crippen LogP contribution in [-0.4, -0.2) is 25.3 Å². The van der Waals surface area contributed by atoms with E-state index in [4.69, 9.17) is 4.74 Å². The zero-order valence-corrected chi connectivity index (χ0v) is 13.3. The Hall–Kier alpha value is -0.0800. The van der Waals surface area contributed by atoms with Gasteiger partial charge in [0, 0.05) is 18.1 Å². The highest BCUT2D eigenvalue weighted by molar-refractivity contribution is 5.08. The van der Waals surface area contributed by atoms with Gasteiger partial charge in [-0.05, 0) is 44.6 Å². The smallest absolute Gasteiger partial charge is 0.0661 e. The van der Waals surface area contributed by atoms with Crippen molar-refractivity contribution in [3.05, 3.63) is 0 Å². The van der Waals surface area contributed by atoms with Crippen molar-refractivity contribution in [2.45, 2.75) is 89.7 Å². The van der Waals surface area contributed by atoms with Crippen LogP contribution in [0.3, 0.4) is 0 Å². The van der Waals surface area contributed by atoms with Gasteiger partial charge in [0.15, 0.2) is 0 Å². The molecule has 1 N–H and O–H groups in total. The van der Waals surface area contributed by atoms with Crippen LogP contribution in [0.4, 0.5) is 0 Å². The Kier molecular flexibility index (Phi) is 5.04. The van der Waals surface area contributed by atoms with Crippen LogP contribution in [0.1, 0.15) is 77.6 Å². The second-order valence-corrected chi connectivity index (χ2v) is 7.47. The van der Waals surface area contributed by atoms with Gasteiger partial charge in [0.2, 0.25) is 0 Å². The summed E-state index contributed by atoms with van der Waals surface area (Å²) >= 11 is 0. The van der Waals surface area contributed by atoms with E-state index in [2.05, 4.69) is 12.2 Å². The molecule has 2 unspecified atom stereocenters. The van der Waals surface area contributed by atoms with Crippen LogP contribution in [0.5, 0.6) is 0 Å². The minimum atomic E-state index is 0.491. The molecule has 0 saturated heterocycles. The van der Waals surface area contributed by atoms with Gasteiger partial charge in [-0.2, -0.15) is 0 Å². The van der Waals surface area contributed by atoms with E-state index in [0.717, 1.165) is 25.1 Å². The molecule has 3 aliphatic carbocycles. The van der Waals surface area contributed by atoms with Crippen LogP contribution in [0.25, 0.3) is 0 Å². The first-order valence-electron chi connectivity index (χ1n) is 9.20. The van der Waals surface area contributed by atoms with Gasteiger partial charge in [-0.25, -0.2) is 0 Å². The predicted molar refractivity (Wildman–Crippen MR) is 83.9 cm³/mol. The van der Waals surface area contributed by atoms with Crippen molar-refractivity contribution in [1.29, 1.82) is 0 Å². The van der Waals surface area contributed by atoms with Crippen molar-refractivity contribution in [2.24, 2.45) is 11.3 Å². The third kappa shape index (κ3) is 2.92. The first-order chi connectivity index (χ1) is 9.85. The molecular weight excluding hydrogens is 246 g/mol. The molecule has 0 aromatic heterocycles. The van der Waals surface area contributed by atoms with Gasteiger partial charge in [0.1, 0.15) is 0 Å². The van der Waals surface area contributed by atoms with E-state index < -0.39 is 0 Å². The van der Waals surface area contributed by atoms with E-state index in [0.29, 0.717) is 11.5 Å². The van der Waals surface area contributed by atoms with Crippen molar-refractivity contribution < 1.29 is 4.74 Å². The van der Waals surface area contributed by atoms with Crippen LogP contribution in [0.15, 0.2) is 0 Å². The summed E-state index contributed by atoms with van der Waals surface area (Å²) in [5.74, 6) is 0.871. The number of ether oxygens (including phenoxy) is 1. The first kappa shape index (κ1) is 14.8. The first-order valence-corrected chi connectivity index (χ1v) is 9.20. The molecule has 20 heavy (non-hydrogen) atoms. The standard InChI is InChI=1S/C18H33NO/c1-2-19-16-13-17(20-14-15-9-5-6-10-15)18(16)11-7-3-4-8-12-18/h15-17,19H,2-14H2,1H3. The highest BCUT2D eigenvalue weighted by Gasteiger charge is 2.54. The third-order valence-corrected chi connectivity index (χ3v) is 6.28. The molecule has 116 valence electrons. The van der Waals surface area contributed by atoms with Crippen molar-refractivity contribution in [3.63, 3.8) is 0 Å². The zero-order valence-electron chi connectivity index (χ0n) is 13.3. The Labute approximate surface area is 125 Å². The fraction of sp³-hybridized carbons (Fsp3) is 1.00. The fourth-order valence-corrected chi connectivity index (χ4v) is 5.00. The molecule has 2 nitrogen and oxygen atoms in total. The topological polar surface area (TPSA) is 21.3 Å². The monoisotopic (exact) mass is 279 g/mol. The minimum absolute atomic E-state index is 0.491. The second-order valence-electron chi connectivity index (χ2n) is 7.47. The summed E-state index contributed by atoms with van der Waals surface area (Å²) in [4.78, 5) is 0. The molecular formula is C18H33NO. The number of hydrogen-bond acceptors (Lipinski definition) is 2. The summed E-state index contributed by atoms with van der Waals surface area (Å²) in [5.41, 5.74) is 0.491. The van der Waals surface area contributed by atoms with Crippen LogP contribution in [0, 0.1) is 11.3 Å². The molecule has 0 radical (unpaired) electrons. The lowest BCUT2D eigenvalue weighted by Gasteiger charge is -2.56. The van der Waals surface area contributed by atoms with E-state index in [1.807, 2.05) is 0 Å². The van der Waals surface area contributed by atoms with Crippen LogP contribution in [0.2, 0.25) is 0 Å². The van der Waals surface area contributed by atoms with Crippen LogP contribution >= 0.6 is 0 Å². The van der Waals surface area contributed by atoms with Gasteiger partial charge in [0.05, 0.1) is 6.10 Å². The van der Waals surface area contributed by atoms with Crippen molar-refractivity contribution in [2.75, 3.05) is 13.2 Å². The van der Waals surface area contributed by atoms with Gasteiger partial charge in [-0.15, -0.1) is 0 Å². The highest BCUT2D eigenvalue weighted by Crippen LogP contribution is 2.52. The van der Waals surface area contributed by atoms with Crippen molar-refractivity contribution >= 4 is 0 Å². The largest absolute Gasteiger partial charge is 0.377 e. The number of nitrogens with one attached hydrogen (secondary N) is 1. The second kappa shape index (κ2) is 6.79. The van der Waals surface area contributed by atoms with Gasteiger partial charge in [-0.3, -0.25) is 0 Å². The molecule has 3 saturated carbocycles. The maximum atomic E-state index is 6.45. The van der Waals surface area contributed by atoms with Gasteiger partial charge >= 0.3 is 0 Å². The third-order valence-electron chi connectivity index (χ3n) is 6.28. The summed E-state index contributed by atoms with van der Waals surface area (Å²) in [7, 11) is 0. The molecule has 0 bridgehead atoms. The lowest BCUT2D eigenvalue weighted by molar-refractivity contribution is -0.150. The lowest BCUT2D eigenvalue weighted by Crippen LogP contribution is -2.63. The maximum Gasteiger partial charge on any atom is 0.0661 e. The van der Waals surface area contributed by atoms with E-state index in [9.17, 15) is 0 Å². The predicted octanol–water partition coefficient (Wildman–Crippen LogP) is 4.28. The molecule has 0 amide bonds. The average Bonchev–Trinajstić information content (AvgIpc) is 2.83. The molecule has 0 aromatic carbocycles. The van der Waals surface area contributed by atoms with E-state index in [1.165, 1.54) is 70.6 Å². The summed E-state index contributed by atoms with van der Waals surface area (Å²) in [6, 6.07) is 0.735. The average molecular weight is 279 g/mol. The van der Waals surface area contributed by atoms with Crippen molar-refractivity contribution in [1.82, 2.24) is 5.32 Å². The molecule has 2 atom stereocenters. The summed E-state index contributed by atoms with van der Waals surface area (Å²) < 4.78 is 6.45. The molecule has 1 spiro atoms. The SMILES string of the molecule is CCNC1CC(OCC2CCCC2)C12CCCCCC2. The summed E-state index contributed by atoms with van der Waals surface area (Å²) in [6.07, 6.45) is 16.0. The molecule has 3 fully saturated rings. The number of rotatable bonds is 5. The van der Waals surface area contributed by atoms with E-state index in [1.54, 1.807) is 0 Å². The van der Waals surface area contributed by atoms with E-state index in [-0.39, 0.29) is 0 Å². The molecule has 0 aromatic rings. The Bertz CT molecular complexity index is 290. The zero-order chi connectivity index (χ0) is 13.8. The maximum absolute atomic E-state index is 6.45. The van der Waals surface area contributed by atoms with Crippen LogP contribution < -0.4 is 5.32 Å². The molecule has 3 aliphatic rings. The molecule has 0 heterocycles. The highest BCUT2D eigenvalue weighted by atomic mass is 16.5.